The van der Waals surface area contributed by atoms with Crippen molar-refractivity contribution in [3.8, 4) is 0 Å². The molecule has 27 heavy (non-hydrogen) atoms. The molecule has 1 atom stereocenters. The average Bonchev–Trinajstić information content (AvgIpc) is 3.30. The fourth-order valence-electron chi connectivity index (χ4n) is 3.52. The number of carbonyl (C=O) groups excluding carboxylic acids is 1. The lowest BCUT2D eigenvalue weighted by Gasteiger charge is -2.31. The minimum absolute atomic E-state index is 0.0595. The number of imidazole rings is 1. The third-order valence-corrected chi connectivity index (χ3v) is 4.91. The molecule has 0 spiro atoms. The van der Waals surface area contributed by atoms with Gasteiger partial charge in [0.05, 0.1) is 12.1 Å². The van der Waals surface area contributed by atoms with Crippen molar-refractivity contribution >= 4 is 5.91 Å². The van der Waals surface area contributed by atoms with Gasteiger partial charge in [0.2, 0.25) is 0 Å². The molecule has 4 rings (SSSR count). The first kappa shape index (κ1) is 17.5. The van der Waals surface area contributed by atoms with E-state index >= 15 is 0 Å². The van der Waals surface area contributed by atoms with Crippen LogP contribution in [-0.4, -0.2) is 38.4 Å². The molecule has 6 nitrogen and oxygen atoms in total. The van der Waals surface area contributed by atoms with Crippen LogP contribution in [0.25, 0.3) is 0 Å². The van der Waals surface area contributed by atoms with E-state index < -0.39 is 0 Å². The van der Waals surface area contributed by atoms with E-state index in [9.17, 15) is 9.18 Å². The standard InChI is InChI=1S/C20H21FN4O2/c1-24-9-7-22-18(24)20(26)25-8-3-5-15(13-25)19-23-12-17(27-19)11-14-4-2-6-16(21)10-14/h2,4,6-7,9-10,12,15H,3,5,8,11,13H2,1H3. The highest BCUT2D eigenvalue weighted by atomic mass is 19.1. The van der Waals surface area contributed by atoms with E-state index in [1.807, 2.05) is 18.0 Å². The van der Waals surface area contributed by atoms with Gasteiger partial charge in [-0.25, -0.2) is 14.4 Å². The summed E-state index contributed by atoms with van der Waals surface area (Å²) in [5, 5.41) is 0. The number of halogens is 1. The molecule has 1 aliphatic rings. The fraction of sp³-hybridized carbons (Fsp3) is 0.350. The van der Waals surface area contributed by atoms with Crippen LogP contribution >= 0.6 is 0 Å². The lowest BCUT2D eigenvalue weighted by Crippen LogP contribution is -2.40. The van der Waals surface area contributed by atoms with Crippen LogP contribution in [0.1, 0.15) is 46.6 Å². The Bertz CT molecular complexity index is 949. The quantitative estimate of drug-likeness (QED) is 0.710. The van der Waals surface area contributed by atoms with Crippen molar-refractivity contribution in [1.82, 2.24) is 19.4 Å². The zero-order valence-corrected chi connectivity index (χ0v) is 15.1. The van der Waals surface area contributed by atoms with Crippen molar-refractivity contribution in [2.24, 2.45) is 7.05 Å². The second kappa shape index (κ2) is 7.34. The molecule has 1 unspecified atom stereocenters. The predicted octanol–water partition coefficient (Wildman–Crippen LogP) is 3.16. The molecular formula is C20H21FN4O2. The van der Waals surface area contributed by atoms with Gasteiger partial charge in [-0.15, -0.1) is 0 Å². The van der Waals surface area contributed by atoms with Crippen molar-refractivity contribution in [1.29, 1.82) is 0 Å². The number of benzene rings is 1. The predicted molar refractivity (Wildman–Crippen MR) is 96.8 cm³/mol. The molecule has 1 amide bonds. The zero-order valence-electron chi connectivity index (χ0n) is 15.1. The van der Waals surface area contributed by atoms with Gasteiger partial charge < -0.3 is 13.9 Å². The number of hydrogen-bond donors (Lipinski definition) is 0. The van der Waals surface area contributed by atoms with Gasteiger partial charge >= 0.3 is 0 Å². The Hall–Kier alpha value is -2.96. The van der Waals surface area contributed by atoms with E-state index in [-0.39, 0.29) is 17.6 Å². The van der Waals surface area contributed by atoms with Crippen LogP contribution in [0.5, 0.6) is 0 Å². The minimum atomic E-state index is -0.261. The average molecular weight is 368 g/mol. The third kappa shape index (κ3) is 3.77. The smallest absolute Gasteiger partial charge is 0.289 e. The van der Waals surface area contributed by atoms with Gasteiger partial charge in [0.25, 0.3) is 5.91 Å². The van der Waals surface area contributed by atoms with E-state index in [1.165, 1.54) is 12.1 Å². The normalized spacial score (nSPS) is 17.3. The first-order chi connectivity index (χ1) is 13.1. The molecule has 0 bridgehead atoms. The summed E-state index contributed by atoms with van der Waals surface area (Å²) in [5.41, 5.74) is 0.841. The van der Waals surface area contributed by atoms with Crippen LogP contribution in [0, 0.1) is 5.82 Å². The molecular weight excluding hydrogens is 347 g/mol. The molecule has 1 fully saturated rings. The second-order valence-corrected chi connectivity index (χ2v) is 6.92. The zero-order chi connectivity index (χ0) is 18.8. The molecule has 1 saturated heterocycles. The first-order valence-corrected chi connectivity index (χ1v) is 9.06. The monoisotopic (exact) mass is 368 g/mol. The van der Waals surface area contributed by atoms with Crippen molar-refractivity contribution in [2.45, 2.75) is 25.2 Å². The van der Waals surface area contributed by atoms with Crippen molar-refractivity contribution < 1.29 is 13.6 Å². The van der Waals surface area contributed by atoms with Gasteiger partial charge in [0.15, 0.2) is 11.7 Å². The van der Waals surface area contributed by atoms with Crippen LogP contribution in [0.4, 0.5) is 4.39 Å². The molecule has 3 heterocycles. The number of aromatic nitrogens is 3. The highest BCUT2D eigenvalue weighted by molar-refractivity contribution is 5.90. The van der Waals surface area contributed by atoms with E-state index in [0.717, 1.165) is 18.4 Å². The lowest BCUT2D eigenvalue weighted by molar-refractivity contribution is 0.0682. The fourth-order valence-corrected chi connectivity index (χ4v) is 3.52. The van der Waals surface area contributed by atoms with Crippen LogP contribution < -0.4 is 0 Å². The molecule has 0 radical (unpaired) electrons. The molecule has 2 aromatic heterocycles. The number of nitrogens with zero attached hydrogens (tertiary/aromatic N) is 4. The maximum atomic E-state index is 13.3. The minimum Gasteiger partial charge on any atom is -0.445 e. The number of rotatable bonds is 4. The molecule has 0 N–H and O–H groups in total. The molecule has 7 heteroatoms. The van der Waals surface area contributed by atoms with Crippen molar-refractivity contribution in [3.63, 3.8) is 0 Å². The molecule has 140 valence electrons. The van der Waals surface area contributed by atoms with E-state index in [1.54, 1.807) is 29.2 Å². The van der Waals surface area contributed by atoms with E-state index in [2.05, 4.69) is 9.97 Å². The topological polar surface area (TPSA) is 64.2 Å². The van der Waals surface area contributed by atoms with Crippen molar-refractivity contribution in [3.05, 3.63) is 71.7 Å². The largest absolute Gasteiger partial charge is 0.445 e. The molecule has 3 aromatic rings. The number of likely N-dealkylation sites (tertiary alicyclic amines) is 1. The highest BCUT2D eigenvalue weighted by Gasteiger charge is 2.29. The van der Waals surface area contributed by atoms with Gasteiger partial charge in [-0.1, -0.05) is 12.1 Å². The molecule has 0 aliphatic carbocycles. The Balaban J connectivity index is 1.45. The Morgan fingerprint density at radius 3 is 3.04 bits per heavy atom. The second-order valence-electron chi connectivity index (χ2n) is 6.92. The summed E-state index contributed by atoms with van der Waals surface area (Å²) in [6.45, 7) is 1.27. The third-order valence-electron chi connectivity index (χ3n) is 4.91. The number of aryl methyl sites for hydroxylation is 1. The van der Waals surface area contributed by atoms with Crippen molar-refractivity contribution in [2.75, 3.05) is 13.1 Å². The maximum absolute atomic E-state index is 13.3. The van der Waals surface area contributed by atoms with Crippen LogP contribution in [0.2, 0.25) is 0 Å². The summed E-state index contributed by atoms with van der Waals surface area (Å²) in [7, 11) is 1.81. The maximum Gasteiger partial charge on any atom is 0.289 e. The Morgan fingerprint density at radius 2 is 2.26 bits per heavy atom. The van der Waals surface area contributed by atoms with Crippen LogP contribution in [0.3, 0.4) is 0 Å². The van der Waals surface area contributed by atoms with E-state index in [4.69, 9.17) is 4.42 Å². The van der Waals surface area contributed by atoms with Gasteiger partial charge in [0.1, 0.15) is 11.6 Å². The highest BCUT2D eigenvalue weighted by Crippen LogP contribution is 2.28. The summed E-state index contributed by atoms with van der Waals surface area (Å²) in [6.07, 6.45) is 7.39. The van der Waals surface area contributed by atoms with Gasteiger partial charge in [0, 0.05) is 39.0 Å². The first-order valence-electron chi connectivity index (χ1n) is 9.06. The summed E-state index contributed by atoms with van der Waals surface area (Å²) >= 11 is 0. The lowest BCUT2D eigenvalue weighted by atomic mass is 9.98. The number of carbonyl (C=O) groups is 1. The summed E-state index contributed by atoms with van der Waals surface area (Å²) in [6, 6.07) is 6.46. The van der Waals surface area contributed by atoms with Gasteiger partial charge in [-0.05, 0) is 30.5 Å². The summed E-state index contributed by atoms with van der Waals surface area (Å²) in [5.74, 6) is 1.50. The van der Waals surface area contributed by atoms with Gasteiger partial charge in [-0.3, -0.25) is 4.79 Å². The number of hydrogen-bond acceptors (Lipinski definition) is 4. The summed E-state index contributed by atoms with van der Waals surface area (Å²) < 4.78 is 21.0. The van der Waals surface area contributed by atoms with Crippen LogP contribution in [-0.2, 0) is 13.5 Å². The molecule has 1 aliphatic heterocycles. The van der Waals surface area contributed by atoms with Crippen LogP contribution in [0.15, 0.2) is 47.3 Å². The Labute approximate surface area is 156 Å². The summed E-state index contributed by atoms with van der Waals surface area (Å²) in [4.78, 5) is 23.1. The van der Waals surface area contributed by atoms with E-state index in [0.29, 0.717) is 37.0 Å². The Kier molecular flexibility index (Phi) is 4.75. The number of amides is 1. The molecule has 1 aromatic carbocycles. The SMILES string of the molecule is Cn1ccnc1C(=O)N1CCCC(c2ncc(Cc3cccc(F)c3)o2)C1. The number of piperidine rings is 1. The molecule has 0 saturated carbocycles. The van der Waals surface area contributed by atoms with Gasteiger partial charge in [-0.2, -0.15) is 0 Å². The number of oxazole rings is 1. The Morgan fingerprint density at radius 1 is 1.37 bits per heavy atom.